The van der Waals surface area contributed by atoms with Gasteiger partial charge >= 0.3 is 5.97 Å². The molecule has 7 heteroatoms. The molecule has 1 saturated carbocycles. The van der Waals surface area contributed by atoms with E-state index in [9.17, 15) is 13.6 Å². The zero-order chi connectivity index (χ0) is 10.3. The van der Waals surface area contributed by atoms with Crippen molar-refractivity contribution in [1.29, 1.82) is 0 Å². The number of alkyl halides is 2. The first-order valence-corrected chi connectivity index (χ1v) is 3.92. The van der Waals surface area contributed by atoms with E-state index in [0.29, 0.717) is 0 Å². The second kappa shape index (κ2) is 2.73. The SMILES string of the molecule is O=C(O)c1noc(C2(C(F)F)CC2)n1. The van der Waals surface area contributed by atoms with Crippen LogP contribution < -0.4 is 0 Å². The lowest BCUT2D eigenvalue weighted by molar-refractivity contribution is 0.0680. The highest BCUT2D eigenvalue weighted by molar-refractivity contribution is 5.82. The van der Waals surface area contributed by atoms with Crippen molar-refractivity contribution in [2.24, 2.45) is 0 Å². The zero-order valence-electron chi connectivity index (χ0n) is 6.91. The lowest BCUT2D eigenvalue weighted by Crippen LogP contribution is -2.18. The molecule has 0 spiro atoms. The molecule has 0 unspecified atom stereocenters. The Hall–Kier alpha value is -1.53. The first-order valence-electron chi connectivity index (χ1n) is 3.92. The summed E-state index contributed by atoms with van der Waals surface area (Å²) in [5.41, 5.74) is -1.39. The Balaban J connectivity index is 2.29. The van der Waals surface area contributed by atoms with Crippen molar-refractivity contribution in [3.63, 3.8) is 0 Å². The fraction of sp³-hybridized carbons (Fsp3) is 0.571. The van der Waals surface area contributed by atoms with Gasteiger partial charge in [0.2, 0.25) is 5.89 Å². The second-order valence-corrected chi connectivity index (χ2v) is 3.19. The molecule has 2 rings (SSSR count). The number of halogens is 2. The predicted molar refractivity (Wildman–Crippen MR) is 38.2 cm³/mol. The molecular weight excluding hydrogens is 198 g/mol. The number of aromatic nitrogens is 2. The zero-order valence-corrected chi connectivity index (χ0v) is 6.91. The van der Waals surface area contributed by atoms with Crippen LogP contribution >= 0.6 is 0 Å². The van der Waals surface area contributed by atoms with Crippen LogP contribution in [0.2, 0.25) is 0 Å². The van der Waals surface area contributed by atoms with Gasteiger partial charge in [-0.1, -0.05) is 0 Å². The number of carbonyl (C=O) groups is 1. The number of nitrogens with zero attached hydrogens (tertiary/aromatic N) is 2. The van der Waals surface area contributed by atoms with E-state index in [4.69, 9.17) is 5.11 Å². The molecule has 1 aromatic heterocycles. The molecule has 1 N–H and O–H groups in total. The summed E-state index contributed by atoms with van der Waals surface area (Å²) in [6.07, 6.45) is -2.08. The average Bonchev–Trinajstić information content (AvgIpc) is 2.77. The van der Waals surface area contributed by atoms with Gasteiger partial charge in [-0.15, -0.1) is 0 Å². The van der Waals surface area contributed by atoms with E-state index in [1.54, 1.807) is 0 Å². The van der Waals surface area contributed by atoms with Gasteiger partial charge in [0.1, 0.15) is 5.41 Å². The minimum atomic E-state index is -2.59. The molecule has 0 radical (unpaired) electrons. The van der Waals surface area contributed by atoms with Gasteiger partial charge in [0.15, 0.2) is 0 Å². The van der Waals surface area contributed by atoms with E-state index in [1.807, 2.05) is 0 Å². The summed E-state index contributed by atoms with van der Waals surface area (Å²) in [5, 5.41) is 11.5. The van der Waals surface area contributed by atoms with Crippen LogP contribution in [0.25, 0.3) is 0 Å². The van der Waals surface area contributed by atoms with Gasteiger partial charge in [-0.2, -0.15) is 4.98 Å². The third-order valence-electron chi connectivity index (χ3n) is 2.25. The van der Waals surface area contributed by atoms with Crippen LogP contribution in [-0.4, -0.2) is 27.6 Å². The van der Waals surface area contributed by atoms with Crippen molar-refractivity contribution in [2.45, 2.75) is 24.7 Å². The van der Waals surface area contributed by atoms with Crippen molar-refractivity contribution in [2.75, 3.05) is 0 Å². The highest BCUT2D eigenvalue weighted by Crippen LogP contribution is 2.51. The maximum absolute atomic E-state index is 12.5. The lowest BCUT2D eigenvalue weighted by atomic mass is 10.1. The number of carboxylic acid groups (broad SMARTS) is 1. The third kappa shape index (κ3) is 1.16. The fourth-order valence-electron chi connectivity index (χ4n) is 1.17. The number of hydrogen-bond donors (Lipinski definition) is 1. The van der Waals surface area contributed by atoms with Crippen molar-refractivity contribution in [1.82, 2.24) is 10.1 Å². The van der Waals surface area contributed by atoms with E-state index in [0.717, 1.165) is 0 Å². The van der Waals surface area contributed by atoms with E-state index in [2.05, 4.69) is 14.7 Å². The molecule has 1 heterocycles. The molecule has 1 fully saturated rings. The largest absolute Gasteiger partial charge is 0.475 e. The number of hydrogen-bond acceptors (Lipinski definition) is 4. The summed E-state index contributed by atoms with van der Waals surface area (Å²) in [4.78, 5) is 13.8. The summed E-state index contributed by atoms with van der Waals surface area (Å²) >= 11 is 0. The van der Waals surface area contributed by atoms with E-state index < -0.39 is 23.6 Å². The molecule has 0 aliphatic heterocycles. The van der Waals surface area contributed by atoms with Crippen molar-refractivity contribution < 1.29 is 23.2 Å². The van der Waals surface area contributed by atoms with Crippen molar-refractivity contribution in [3.8, 4) is 0 Å². The van der Waals surface area contributed by atoms with E-state index in [-0.39, 0.29) is 18.7 Å². The molecule has 1 aliphatic rings. The normalized spacial score (nSPS) is 18.5. The van der Waals surface area contributed by atoms with Gasteiger partial charge in [-0.25, -0.2) is 13.6 Å². The Morgan fingerprint density at radius 3 is 2.57 bits per heavy atom. The minimum absolute atomic E-state index is 0.256. The topological polar surface area (TPSA) is 76.2 Å². The molecule has 1 aliphatic carbocycles. The van der Waals surface area contributed by atoms with Crippen LogP contribution in [0.4, 0.5) is 8.78 Å². The highest BCUT2D eigenvalue weighted by atomic mass is 19.3. The predicted octanol–water partition coefficient (Wildman–Crippen LogP) is 1.06. The quantitative estimate of drug-likeness (QED) is 0.796. The smallest absolute Gasteiger partial charge is 0.377 e. The maximum atomic E-state index is 12.5. The molecule has 0 atom stereocenters. The average molecular weight is 204 g/mol. The van der Waals surface area contributed by atoms with Crippen molar-refractivity contribution in [3.05, 3.63) is 11.7 Å². The molecule has 0 bridgehead atoms. The van der Waals surface area contributed by atoms with Crippen LogP contribution in [0.1, 0.15) is 29.4 Å². The fourth-order valence-corrected chi connectivity index (χ4v) is 1.17. The lowest BCUT2D eigenvalue weighted by Gasteiger charge is -2.06. The summed E-state index contributed by atoms with van der Waals surface area (Å²) in [6, 6.07) is 0. The highest BCUT2D eigenvalue weighted by Gasteiger charge is 2.57. The van der Waals surface area contributed by atoms with Crippen LogP contribution in [0.15, 0.2) is 4.52 Å². The van der Waals surface area contributed by atoms with Gasteiger partial charge in [0.25, 0.3) is 12.2 Å². The Labute approximate surface area is 76.7 Å². The van der Waals surface area contributed by atoms with E-state index in [1.165, 1.54) is 0 Å². The van der Waals surface area contributed by atoms with E-state index >= 15 is 0 Å². The number of carboxylic acids is 1. The summed E-state index contributed by atoms with van der Waals surface area (Å²) in [6.45, 7) is 0. The van der Waals surface area contributed by atoms with Crippen LogP contribution in [-0.2, 0) is 5.41 Å². The maximum Gasteiger partial charge on any atom is 0.377 e. The Bertz CT molecular complexity index is 373. The first kappa shape index (κ1) is 9.04. The monoisotopic (exact) mass is 204 g/mol. The van der Waals surface area contributed by atoms with Crippen LogP contribution in [0.5, 0.6) is 0 Å². The van der Waals surface area contributed by atoms with Gasteiger partial charge < -0.3 is 9.63 Å². The molecule has 0 saturated heterocycles. The summed E-state index contributed by atoms with van der Waals surface area (Å²) in [5.74, 6) is -2.23. The standard InChI is InChI=1S/C7H6F2N2O3/c8-5(9)7(1-2-7)6-10-3(4(12)13)11-14-6/h5H,1-2H2,(H,12,13). The van der Waals surface area contributed by atoms with Gasteiger partial charge in [0, 0.05) is 0 Å². The summed E-state index contributed by atoms with van der Waals surface area (Å²) in [7, 11) is 0. The minimum Gasteiger partial charge on any atom is -0.475 e. The molecule has 0 aromatic carbocycles. The Morgan fingerprint density at radius 2 is 2.21 bits per heavy atom. The van der Waals surface area contributed by atoms with Crippen LogP contribution in [0, 0.1) is 0 Å². The third-order valence-corrected chi connectivity index (χ3v) is 2.25. The Morgan fingerprint density at radius 1 is 1.57 bits per heavy atom. The van der Waals surface area contributed by atoms with Gasteiger partial charge in [-0.05, 0) is 18.0 Å². The second-order valence-electron chi connectivity index (χ2n) is 3.19. The number of aromatic carboxylic acids is 1. The Kier molecular flexibility index (Phi) is 1.76. The van der Waals surface area contributed by atoms with Gasteiger partial charge in [0.05, 0.1) is 0 Å². The molecule has 1 aromatic rings. The number of rotatable bonds is 3. The summed E-state index contributed by atoms with van der Waals surface area (Å²) < 4.78 is 29.5. The van der Waals surface area contributed by atoms with Crippen molar-refractivity contribution >= 4 is 5.97 Å². The first-order chi connectivity index (χ1) is 6.56. The molecular formula is C7H6F2N2O3. The van der Waals surface area contributed by atoms with Crippen LogP contribution in [0.3, 0.4) is 0 Å². The molecule has 5 nitrogen and oxygen atoms in total. The van der Waals surface area contributed by atoms with Gasteiger partial charge in [-0.3, -0.25) is 0 Å². The molecule has 14 heavy (non-hydrogen) atoms. The molecule has 0 amide bonds. The molecule has 76 valence electrons.